The summed E-state index contributed by atoms with van der Waals surface area (Å²) in [5, 5.41) is 53.7. The molecule has 15 heteroatoms. The average Bonchev–Trinajstić information content (AvgIpc) is 3.31. The minimum absolute atomic E-state index is 0.156. The number of rotatable bonds is 10. The van der Waals surface area contributed by atoms with Gasteiger partial charge in [-0.15, -0.1) is 0 Å². The second kappa shape index (κ2) is 31.1. The quantitative estimate of drug-likeness (QED) is 0.138. The number of hydrogen-bond donors (Lipinski definition) is 9. The normalized spacial score (nSPS) is 11.2. The van der Waals surface area contributed by atoms with Gasteiger partial charge in [-0.2, -0.15) is 37.9 Å². The molecule has 0 radical (unpaired) electrons. The van der Waals surface area contributed by atoms with Gasteiger partial charge in [0.1, 0.15) is 0 Å². The third-order valence-corrected chi connectivity index (χ3v) is 7.03. The first-order chi connectivity index (χ1) is 15.1. The van der Waals surface area contributed by atoms with Crippen molar-refractivity contribution in [3.63, 3.8) is 0 Å². The summed E-state index contributed by atoms with van der Waals surface area (Å²) < 4.78 is 0. The Morgan fingerprint density at radius 1 is 0.719 bits per heavy atom. The fraction of sp³-hybridized carbons (Fsp3) is 0.706. The van der Waals surface area contributed by atoms with E-state index in [1.807, 2.05) is 6.92 Å². The molecule has 0 bridgehead atoms. The lowest BCUT2D eigenvalue weighted by atomic mass is 9.88. The van der Waals surface area contributed by atoms with Gasteiger partial charge in [0.05, 0.1) is 39.1 Å². The van der Waals surface area contributed by atoms with Gasteiger partial charge in [-0.25, -0.2) is 0 Å². The monoisotopic (exact) mass is 574 g/mol. The SMILES string of the molecule is C1=CSSS1.CCC(CO)(CO)CO.O=C(O)CCS.O=C(O)CCS.O=C(O)CCS. The molecule has 1 rings (SSSR count). The average molecular weight is 575 g/mol. The zero-order valence-electron chi connectivity index (χ0n) is 17.7. The van der Waals surface area contributed by atoms with Crippen molar-refractivity contribution in [1.29, 1.82) is 0 Å². The lowest BCUT2D eigenvalue weighted by Crippen LogP contribution is -2.32. The highest BCUT2D eigenvalue weighted by Gasteiger charge is 2.24. The van der Waals surface area contributed by atoms with E-state index >= 15 is 0 Å². The Morgan fingerprint density at radius 2 is 1.00 bits per heavy atom. The van der Waals surface area contributed by atoms with E-state index in [0.717, 1.165) is 0 Å². The van der Waals surface area contributed by atoms with Crippen LogP contribution in [0.4, 0.5) is 0 Å². The largest absolute Gasteiger partial charge is 0.481 e. The van der Waals surface area contributed by atoms with Crippen LogP contribution in [0.15, 0.2) is 10.8 Å². The number of hydrogen-bond acceptors (Lipinski definition) is 12. The molecule has 6 N–H and O–H groups in total. The maximum absolute atomic E-state index is 9.55. The summed E-state index contributed by atoms with van der Waals surface area (Å²) in [6, 6.07) is 0. The molecule has 0 unspecified atom stereocenters. The van der Waals surface area contributed by atoms with Crippen molar-refractivity contribution in [3.05, 3.63) is 10.8 Å². The lowest BCUT2D eigenvalue weighted by molar-refractivity contribution is -0.137. The van der Waals surface area contributed by atoms with Crippen LogP contribution in [-0.2, 0) is 14.4 Å². The molecule has 0 aromatic heterocycles. The van der Waals surface area contributed by atoms with Crippen molar-refractivity contribution in [2.75, 3.05) is 37.1 Å². The van der Waals surface area contributed by atoms with Crippen molar-refractivity contribution in [3.8, 4) is 0 Å². The molecule has 0 fully saturated rings. The topological polar surface area (TPSA) is 173 Å². The zero-order chi connectivity index (χ0) is 25.8. The highest BCUT2D eigenvalue weighted by atomic mass is 33.5. The van der Waals surface area contributed by atoms with Gasteiger partial charge in [0, 0.05) is 22.7 Å². The van der Waals surface area contributed by atoms with Crippen LogP contribution >= 0.6 is 69.3 Å². The Bertz CT molecular complexity index is 416. The second-order valence-electron chi connectivity index (χ2n) is 5.46. The fourth-order valence-electron chi connectivity index (χ4n) is 0.886. The van der Waals surface area contributed by atoms with Gasteiger partial charge in [-0.05, 0) is 27.1 Å². The molecule has 0 spiro atoms. The van der Waals surface area contributed by atoms with Crippen LogP contribution in [0.2, 0.25) is 0 Å². The predicted octanol–water partition coefficient (Wildman–Crippen LogP) is 3.03. The van der Waals surface area contributed by atoms with Crippen LogP contribution in [0.3, 0.4) is 0 Å². The number of aliphatic hydroxyl groups is 3. The Morgan fingerprint density at radius 3 is 1.03 bits per heavy atom. The van der Waals surface area contributed by atoms with E-state index in [0.29, 0.717) is 23.7 Å². The Kier molecular flexibility index (Phi) is 38.3. The molecule has 1 heterocycles. The molecule has 0 amide bonds. The third-order valence-electron chi connectivity index (χ3n) is 2.98. The number of carbonyl (C=O) groups is 3. The molecule has 0 aliphatic carbocycles. The summed E-state index contributed by atoms with van der Waals surface area (Å²) in [6.45, 7) is 1.35. The number of thiol groups is 3. The molecular weight excluding hydrogens is 541 g/mol. The minimum atomic E-state index is -0.787. The van der Waals surface area contributed by atoms with E-state index in [4.69, 9.17) is 30.6 Å². The molecule has 32 heavy (non-hydrogen) atoms. The second-order valence-corrected chi connectivity index (χ2v) is 10.7. The highest BCUT2D eigenvalue weighted by molar-refractivity contribution is 9.11. The molecule has 0 atom stereocenters. The van der Waals surface area contributed by atoms with E-state index in [2.05, 4.69) is 48.7 Å². The highest BCUT2D eigenvalue weighted by Crippen LogP contribution is 2.42. The predicted molar refractivity (Wildman–Crippen MR) is 144 cm³/mol. The van der Waals surface area contributed by atoms with Crippen LogP contribution in [0.25, 0.3) is 0 Å². The van der Waals surface area contributed by atoms with E-state index in [9.17, 15) is 14.4 Å². The summed E-state index contributed by atoms with van der Waals surface area (Å²) >= 11 is 11.0. The molecule has 1 aliphatic rings. The summed E-state index contributed by atoms with van der Waals surface area (Å²) in [6.07, 6.45) is 1.06. The maximum Gasteiger partial charge on any atom is 0.304 e. The Hall–Kier alpha value is 0.130. The number of carboxylic acids is 3. The molecular formula is C17H34O9S6. The zero-order valence-corrected chi connectivity index (χ0v) is 22.8. The van der Waals surface area contributed by atoms with Gasteiger partial charge in [-0.3, -0.25) is 14.4 Å². The number of aliphatic carboxylic acids is 3. The summed E-state index contributed by atoms with van der Waals surface area (Å²) in [4.78, 5) is 28.7. The third kappa shape index (κ3) is 37.4. The van der Waals surface area contributed by atoms with Crippen molar-refractivity contribution in [2.45, 2.75) is 32.6 Å². The first kappa shape index (κ1) is 39.3. The van der Waals surface area contributed by atoms with Crippen LogP contribution in [0.1, 0.15) is 32.6 Å². The minimum Gasteiger partial charge on any atom is -0.481 e. The van der Waals surface area contributed by atoms with Crippen molar-refractivity contribution in [2.24, 2.45) is 5.41 Å². The van der Waals surface area contributed by atoms with E-state index < -0.39 is 23.3 Å². The van der Waals surface area contributed by atoms with Crippen LogP contribution in [-0.4, -0.2) is 85.6 Å². The number of carboxylic acid groups (broad SMARTS) is 3. The molecule has 9 nitrogen and oxygen atoms in total. The van der Waals surface area contributed by atoms with Crippen LogP contribution in [0, 0.1) is 5.41 Å². The fourth-order valence-corrected chi connectivity index (χ4v) is 4.41. The van der Waals surface area contributed by atoms with E-state index in [1.165, 1.54) is 0 Å². The smallest absolute Gasteiger partial charge is 0.304 e. The summed E-state index contributed by atoms with van der Waals surface area (Å²) in [5.74, 6) is -1.08. The van der Waals surface area contributed by atoms with E-state index in [-0.39, 0.29) is 39.1 Å². The molecule has 192 valence electrons. The molecule has 0 aromatic carbocycles. The molecule has 0 aromatic rings. The van der Waals surface area contributed by atoms with Crippen molar-refractivity contribution in [1.82, 2.24) is 0 Å². The van der Waals surface area contributed by atoms with E-state index in [1.54, 1.807) is 31.4 Å². The summed E-state index contributed by atoms with van der Waals surface area (Å²) in [5.41, 5.74) is -0.667. The molecule has 0 saturated heterocycles. The Balaban J connectivity index is -0.000000155. The maximum atomic E-state index is 9.55. The summed E-state index contributed by atoms with van der Waals surface area (Å²) in [7, 11) is 5.34. The standard InChI is InChI=1S/C6H14O3.3C3H6O2S.C2H2S3/c1-2-6(3-7,4-8)5-9;3*4-3(5)1-2-6;1-2-4-5-3-1/h7-9H,2-5H2,1H3;3*6H,1-2H2,(H,4,5);1-2H. The lowest BCUT2D eigenvalue weighted by Gasteiger charge is -2.24. The van der Waals surface area contributed by atoms with Gasteiger partial charge in [0.2, 0.25) is 0 Å². The van der Waals surface area contributed by atoms with Crippen LogP contribution in [0.5, 0.6) is 0 Å². The van der Waals surface area contributed by atoms with Gasteiger partial charge < -0.3 is 30.6 Å². The van der Waals surface area contributed by atoms with Crippen molar-refractivity contribution >= 4 is 87.2 Å². The van der Waals surface area contributed by atoms with Gasteiger partial charge in [-0.1, -0.05) is 28.5 Å². The number of aliphatic hydroxyl groups excluding tert-OH is 3. The molecule has 1 aliphatic heterocycles. The molecule has 0 saturated carbocycles. The van der Waals surface area contributed by atoms with Crippen LogP contribution < -0.4 is 0 Å². The first-order valence-electron chi connectivity index (χ1n) is 9.00. The Labute approximate surface area is 217 Å². The van der Waals surface area contributed by atoms with Gasteiger partial charge in [0.15, 0.2) is 0 Å². The first-order valence-corrected chi connectivity index (χ1v) is 14.5. The van der Waals surface area contributed by atoms with Crippen molar-refractivity contribution < 1.29 is 45.0 Å². The van der Waals surface area contributed by atoms with Gasteiger partial charge >= 0.3 is 17.9 Å². The van der Waals surface area contributed by atoms with Gasteiger partial charge in [0.25, 0.3) is 0 Å².